The van der Waals surface area contributed by atoms with Gasteiger partial charge in [-0.05, 0) is 43.2 Å². The zero-order valence-corrected chi connectivity index (χ0v) is 10.4. The zero-order valence-electron chi connectivity index (χ0n) is 10.4. The molecule has 92 valence electrons. The molecule has 0 spiro atoms. The van der Waals surface area contributed by atoms with Crippen molar-refractivity contribution in [3.8, 4) is 11.5 Å². The van der Waals surface area contributed by atoms with Crippen LogP contribution in [0.2, 0.25) is 0 Å². The summed E-state index contributed by atoms with van der Waals surface area (Å²) in [4.78, 5) is 4.05. The number of nitrogens with one attached hydrogen (secondary N) is 1. The molecule has 0 aliphatic carbocycles. The minimum atomic E-state index is -0.101. The van der Waals surface area contributed by atoms with Crippen molar-refractivity contribution in [2.45, 2.75) is 13.8 Å². The fourth-order valence-corrected chi connectivity index (χ4v) is 1.63. The van der Waals surface area contributed by atoms with Crippen LogP contribution in [0.1, 0.15) is 16.8 Å². The van der Waals surface area contributed by atoms with Crippen molar-refractivity contribution >= 4 is 5.84 Å². The Morgan fingerprint density at radius 2 is 1.89 bits per heavy atom. The highest BCUT2D eigenvalue weighted by molar-refractivity contribution is 5.95. The predicted octanol–water partition coefficient (Wildman–Crippen LogP) is 2.77. The van der Waals surface area contributed by atoms with E-state index in [1.165, 1.54) is 0 Å². The van der Waals surface area contributed by atoms with Gasteiger partial charge in [0.05, 0.1) is 0 Å². The highest BCUT2D eigenvalue weighted by Crippen LogP contribution is 2.28. The number of nitrogens with zero attached hydrogens (tertiary/aromatic N) is 1. The average molecular weight is 241 g/mol. The first-order chi connectivity index (χ1) is 8.59. The first-order valence-electron chi connectivity index (χ1n) is 5.63. The van der Waals surface area contributed by atoms with Crippen molar-refractivity contribution in [2.24, 2.45) is 5.73 Å². The highest BCUT2D eigenvalue weighted by atomic mass is 16.5. The topological polar surface area (TPSA) is 72.0 Å². The molecule has 4 nitrogen and oxygen atoms in total. The van der Waals surface area contributed by atoms with E-state index in [1.807, 2.05) is 32.0 Å². The van der Waals surface area contributed by atoms with Gasteiger partial charge in [0.1, 0.15) is 17.3 Å². The summed E-state index contributed by atoms with van der Waals surface area (Å²) >= 11 is 0. The Bertz CT molecular complexity index is 593. The lowest BCUT2D eigenvalue weighted by atomic mass is 10.1. The fourth-order valence-electron chi connectivity index (χ4n) is 1.63. The van der Waals surface area contributed by atoms with E-state index >= 15 is 0 Å². The Labute approximate surface area is 106 Å². The molecule has 0 radical (unpaired) electrons. The van der Waals surface area contributed by atoms with E-state index in [9.17, 15) is 0 Å². The molecule has 0 aliphatic heterocycles. The van der Waals surface area contributed by atoms with Crippen LogP contribution in [0.25, 0.3) is 0 Å². The third-order valence-corrected chi connectivity index (χ3v) is 2.80. The number of nitrogen functional groups attached to an aromatic ring is 1. The third kappa shape index (κ3) is 2.32. The maximum atomic E-state index is 7.47. The molecular formula is C14H15N3O. The van der Waals surface area contributed by atoms with E-state index in [-0.39, 0.29) is 5.84 Å². The van der Waals surface area contributed by atoms with Crippen LogP contribution in [0.5, 0.6) is 11.5 Å². The molecule has 0 atom stereocenters. The lowest BCUT2D eigenvalue weighted by Crippen LogP contribution is -2.14. The van der Waals surface area contributed by atoms with E-state index in [0.717, 1.165) is 16.9 Å². The molecule has 0 saturated carbocycles. The molecule has 0 bridgehead atoms. The number of hydrogen-bond acceptors (Lipinski definition) is 3. The molecule has 1 aromatic heterocycles. The van der Waals surface area contributed by atoms with Gasteiger partial charge in [-0.3, -0.25) is 5.41 Å². The summed E-state index contributed by atoms with van der Waals surface area (Å²) < 4.78 is 5.80. The number of aromatic nitrogens is 1. The van der Waals surface area contributed by atoms with Crippen LogP contribution in [-0.4, -0.2) is 10.8 Å². The standard InChI is InChI=1S/C14H15N3O/c1-9-5-3-6-11(10(9)2)18-12-7-4-8-17-13(12)14(15)16/h3-8H,1-2H3,(H3,15,16). The minimum Gasteiger partial charge on any atom is -0.455 e. The summed E-state index contributed by atoms with van der Waals surface area (Å²) in [5.74, 6) is 1.15. The predicted molar refractivity (Wildman–Crippen MR) is 71.2 cm³/mol. The summed E-state index contributed by atoms with van der Waals surface area (Å²) in [6, 6.07) is 9.36. The van der Waals surface area contributed by atoms with Gasteiger partial charge >= 0.3 is 0 Å². The molecule has 4 heteroatoms. The first-order valence-corrected chi connectivity index (χ1v) is 5.63. The van der Waals surface area contributed by atoms with Gasteiger partial charge in [-0.25, -0.2) is 4.98 Å². The maximum absolute atomic E-state index is 7.47. The van der Waals surface area contributed by atoms with Gasteiger partial charge in [0.25, 0.3) is 0 Å². The number of ether oxygens (including phenoxy) is 1. The van der Waals surface area contributed by atoms with Gasteiger partial charge in [0.2, 0.25) is 0 Å². The number of amidine groups is 1. The Hall–Kier alpha value is -2.36. The quantitative estimate of drug-likeness (QED) is 0.641. The van der Waals surface area contributed by atoms with Crippen molar-refractivity contribution < 1.29 is 4.74 Å². The van der Waals surface area contributed by atoms with Gasteiger partial charge in [-0.1, -0.05) is 12.1 Å². The fraction of sp³-hybridized carbons (Fsp3) is 0.143. The van der Waals surface area contributed by atoms with E-state index < -0.39 is 0 Å². The van der Waals surface area contributed by atoms with Crippen LogP contribution in [0.4, 0.5) is 0 Å². The van der Waals surface area contributed by atoms with Crippen molar-refractivity contribution in [1.82, 2.24) is 4.98 Å². The Morgan fingerprint density at radius 3 is 2.61 bits per heavy atom. The van der Waals surface area contributed by atoms with Gasteiger partial charge < -0.3 is 10.5 Å². The van der Waals surface area contributed by atoms with Crippen molar-refractivity contribution in [1.29, 1.82) is 5.41 Å². The van der Waals surface area contributed by atoms with Crippen LogP contribution in [0, 0.1) is 19.3 Å². The van der Waals surface area contributed by atoms with Crippen molar-refractivity contribution in [3.63, 3.8) is 0 Å². The summed E-state index contributed by atoms with van der Waals surface area (Å²) in [7, 11) is 0. The van der Waals surface area contributed by atoms with Crippen molar-refractivity contribution in [2.75, 3.05) is 0 Å². The molecule has 18 heavy (non-hydrogen) atoms. The lowest BCUT2D eigenvalue weighted by Gasteiger charge is -2.12. The normalized spacial score (nSPS) is 10.1. The van der Waals surface area contributed by atoms with Gasteiger partial charge in [0, 0.05) is 6.20 Å². The molecule has 3 N–H and O–H groups in total. The van der Waals surface area contributed by atoms with E-state index in [1.54, 1.807) is 18.3 Å². The highest BCUT2D eigenvalue weighted by Gasteiger charge is 2.10. The van der Waals surface area contributed by atoms with E-state index in [4.69, 9.17) is 15.9 Å². The second kappa shape index (κ2) is 4.87. The Kier molecular flexibility index (Phi) is 3.28. The van der Waals surface area contributed by atoms with Gasteiger partial charge in [-0.15, -0.1) is 0 Å². The Morgan fingerprint density at radius 1 is 1.17 bits per heavy atom. The average Bonchev–Trinajstić information content (AvgIpc) is 2.35. The number of hydrogen-bond donors (Lipinski definition) is 2. The molecular weight excluding hydrogens is 226 g/mol. The van der Waals surface area contributed by atoms with E-state index in [2.05, 4.69) is 4.98 Å². The van der Waals surface area contributed by atoms with Gasteiger partial charge in [0.15, 0.2) is 5.75 Å². The third-order valence-electron chi connectivity index (χ3n) is 2.80. The minimum absolute atomic E-state index is 0.101. The molecule has 0 amide bonds. The second-order valence-corrected chi connectivity index (χ2v) is 4.06. The monoisotopic (exact) mass is 241 g/mol. The van der Waals surface area contributed by atoms with E-state index in [0.29, 0.717) is 11.4 Å². The Balaban J connectivity index is 2.40. The van der Waals surface area contributed by atoms with Crippen LogP contribution in [0.3, 0.4) is 0 Å². The lowest BCUT2D eigenvalue weighted by molar-refractivity contribution is 0.474. The first kappa shape index (κ1) is 12.1. The zero-order chi connectivity index (χ0) is 13.1. The van der Waals surface area contributed by atoms with Crippen LogP contribution in [0.15, 0.2) is 36.5 Å². The molecule has 0 unspecified atom stereocenters. The number of nitrogens with two attached hydrogens (primary N) is 1. The molecule has 0 fully saturated rings. The number of aryl methyl sites for hydroxylation is 1. The molecule has 1 heterocycles. The van der Waals surface area contributed by atoms with Crippen molar-refractivity contribution in [3.05, 3.63) is 53.3 Å². The van der Waals surface area contributed by atoms with Crippen LogP contribution < -0.4 is 10.5 Å². The molecule has 2 aromatic rings. The molecule has 1 aromatic carbocycles. The maximum Gasteiger partial charge on any atom is 0.156 e. The number of pyridine rings is 1. The summed E-state index contributed by atoms with van der Waals surface area (Å²) in [6.45, 7) is 4.02. The smallest absolute Gasteiger partial charge is 0.156 e. The largest absolute Gasteiger partial charge is 0.455 e. The summed E-state index contributed by atoms with van der Waals surface area (Å²) in [5, 5.41) is 7.47. The summed E-state index contributed by atoms with van der Waals surface area (Å²) in [5.41, 5.74) is 8.06. The number of rotatable bonds is 3. The van der Waals surface area contributed by atoms with Crippen LogP contribution in [-0.2, 0) is 0 Å². The van der Waals surface area contributed by atoms with Gasteiger partial charge in [-0.2, -0.15) is 0 Å². The molecule has 2 rings (SSSR count). The summed E-state index contributed by atoms with van der Waals surface area (Å²) in [6.07, 6.45) is 1.59. The number of benzene rings is 1. The SMILES string of the molecule is Cc1cccc(Oc2cccnc2C(=N)N)c1C. The second-order valence-electron chi connectivity index (χ2n) is 4.06. The molecule has 0 saturated heterocycles. The molecule has 0 aliphatic rings. The van der Waals surface area contributed by atoms with Crippen LogP contribution >= 0.6 is 0 Å².